The predicted molar refractivity (Wildman–Crippen MR) is 91.4 cm³/mol. The molecule has 0 aliphatic carbocycles. The minimum absolute atomic E-state index is 0.315. The van der Waals surface area contributed by atoms with Crippen molar-refractivity contribution in [3.05, 3.63) is 29.2 Å². The first kappa shape index (κ1) is 18.2. The number of nitrogens with zero attached hydrogens (tertiary/aromatic N) is 5. The van der Waals surface area contributed by atoms with E-state index in [-0.39, 0.29) is 0 Å². The normalized spacial score (nSPS) is 11.6. The largest absolute Gasteiger partial charge is 0.444 e. The lowest BCUT2D eigenvalue weighted by molar-refractivity contribution is 0.0636. The van der Waals surface area contributed by atoms with Crippen LogP contribution in [0.15, 0.2) is 18.5 Å². The highest BCUT2D eigenvalue weighted by Crippen LogP contribution is 2.21. The molecule has 0 spiro atoms. The molecule has 0 aliphatic rings. The van der Waals surface area contributed by atoms with Crippen LogP contribution in [-0.2, 0) is 11.3 Å². The number of halogens is 1. The number of amides is 1. The second kappa shape index (κ2) is 7.14. The summed E-state index contributed by atoms with van der Waals surface area (Å²) in [5.74, 6) is 0.386. The van der Waals surface area contributed by atoms with Gasteiger partial charge < -0.3 is 9.64 Å². The lowest BCUT2D eigenvalue weighted by atomic mass is 10.2. The van der Waals surface area contributed by atoms with Crippen molar-refractivity contribution in [2.24, 2.45) is 0 Å². The fourth-order valence-corrected chi connectivity index (χ4v) is 2.10. The van der Waals surface area contributed by atoms with Crippen molar-refractivity contribution in [3.63, 3.8) is 0 Å². The Hall–Kier alpha value is -2.19. The summed E-state index contributed by atoms with van der Waals surface area (Å²) in [5, 5.41) is 11.4. The Balaban J connectivity index is 2.12. The summed E-state index contributed by atoms with van der Waals surface area (Å²) in [5.41, 5.74) is 0.649. The van der Waals surface area contributed by atoms with Crippen molar-refractivity contribution >= 4 is 23.4 Å². The fraction of sp³-hybridized carbons (Fsp3) is 0.467. The molecule has 0 saturated carbocycles. The van der Waals surface area contributed by atoms with Gasteiger partial charge in [0.2, 0.25) is 0 Å². The smallest absolute Gasteiger partial charge is 0.412 e. The van der Waals surface area contributed by atoms with Crippen LogP contribution in [-0.4, -0.2) is 50.7 Å². The maximum Gasteiger partial charge on any atom is 0.412 e. The molecule has 0 aromatic carbocycles. The Bertz CT molecular complexity index is 723. The van der Waals surface area contributed by atoms with Gasteiger partial charge in [-0.2, -0.15) is 10.2 Å². The molecule has 24 heavy (non-hydrogen) atoms. The van der Waals surface area contributed by atoms with Gasteiger partial charge in [-0.3, -0.25) is 5.32 Å². The van der Waals surface area contributed by atoms with Crippen LogP contribution in [0.3, 0.4) is 0 Å². The number of pyridine rings is 1. The molecule has 0 bridgehead atoms. The molecule has 1 N–H and O–H groups in total. The molecule has 1 amide bonds. The Morgan fingerprint density at radius 3 is 2.67 bits per heavy atom. The molecular weight excluding hydrogens is 332 g/mol. The lowest BCUT2D eigenvalue weighted by Gasteiger charge is -2.19. The van der Waals surface area contributed by atoms with Crippen molar-refractivity contribution in [2.45, 2.75) is 32.9 Å². The van der Waals surface area contributed by atoms with E-state index in [1.165, 1.54) is 11.0 Å². The van der Waals surface area contributed by atoms with Gasteiger partial charge >= 0.3 is 6.09 Å². The second-order valence-corrected chi connectivity index (χ2v) is 6.93. The van der Waals surface area contributed by atoms with E-state index in [4.69, 9.17) is 16.3 Å². The summed E-state index contributed by atoms with van der Waals surface area (Å²) in [7, 11) is 3.89. The van der Waals surface area contributed by atoms with Crippen LogP contribution in [0.25, 0.3) is 5.82 Å². The van der Waals surface area contributed by atoms with Crippen molar-refractivity contribution in [1.29, 1.82) is 0 Å². The Morgan fingerprint density at radius 1 is 1.38 bits per heavy atom. The van der Waals surface area contributed by atoms with Gasteiger partial charge in [-0.15, -0.1) is 4.80 Å². The average molecular weight is 353 g/mol. The van der Waals surface area contributed by atoms with Crippen LogP contribution in [0.4, 0.5) is 10.5 Å². The Kier molecular flexibility index (Phi) is 5.40. The summed E-state index contributed by atoms with van der Waals surface area (Å²) in [6.07, 6.45) is 2.56. The average Bonchev–Trinajstić information content (AvgIpc) is 2.83. The molecule has 0 aliphatic heterocycles. The van der Waals surface area contributed by atoms with Crippen LogP contribution in [0.1, 0.15) is 26.5 Å². The first-order chi connectivity index (χ1) is 11.1. The van der Waals surface area contributed by atoms with Crippen molar-refractivity contribution < 1.29 is 9.53 Å². The van der Waals surface area contributed by atoms with Crippen molar-refractivity contribution in [3.8, 4) is 5.82 Å². The first-order valence-electron chi connectivity index (χ1n) is 7.36. The molecule has 130 valence electrons. The van der Waals surface area contributed by atoms with Gasteiger partial charge in [0.15, 0.2) is 5.82 Å². The summed E-state index contributed by atoms with van der Waals surface area (Å²) in [6.45, 7) is 6.02. The number of hydrogen-bond donors (Lipinski definition) is 1. The number of nitrogens with one attached hydrogen (secondary N) is 1. The van der Waals surface area contributed by atoms with Crippen LogP contribution in [0.2, 0.25) is 5.02 Å². The van der Waals surface area contributed by atoms with Crippen molar-refractivity contribution in [2.75, 3.05) is 19.4 Å². The topological polar surface area (TPSA) is 85.2 Å². The highest BCUT2D eigenvalue weighted by molar-refractivity contribution is 6.32. The molecular formula is C15H21ClN6O2. The van der Waals surface area contributed by atoms with E-state index in [0.29, 0.717) is 23.1 Å². The quantitative estimate of drug-likeness (QED) is 0.910. The van der Waals surface area contributed by atoms with Crippen LogP contribution < -0.4 is 5.32 Å². The van der Waals surface area contributed by atoms with E-state index < -0.39 is 11.7 Å². The van der Waals surface area contributed by atoms with E-state index in [9.17, 15) is 4.79 Å². The molecule has 2 aromatic heterocycles. The van der Waals surface area contributed by atoms with Gasteiger partial charge in [0.25, 0.3) is 0 Å². The third-order valence-corrected chi connectivity index (χ3v) is 2.95. The summed E-state index contributed by atoms with van der Waals surface area (Å²) in [4.78, 5) is 19.3. The fourth-order valence-electron chi connectivity index (χ4n) is 1.86. The Labute approximate surface area is 145 Å². The van der Waals surface area contributed by atoms with E-state index in [1.54, 1.807) is 33.0 Å². The molecule has 0 radical (unpaired) electrons. The van der Waals surface area contributed by atoms with Gasteiger partial charge in [-0.05, 0) is 40.9 Å². The minimum Gasteiger partial charge on any atom is -0.444 e. The van der Waals surface area contributed by atoms with E-state index >= 15 is 0 Å². The first-order valence-corrected chi connectivity index (χ1v) is 7.74. The highest BCUT2D eigenvalue weighted by Gasteiger charge is 2.17. The minimum atomic E-state index is -0.580. The number of rotatable bonds is 4. The number of hydrogen-bond acceptors (Lipinski definition) is 6. The SMILES string of the molecule is CN(C)Cc1cnn(-c2ncc(NC(=O)OC(C)(C)C)cc2Cl)n1. The number of ether oxygens (including phenoxy) is 1. The molecule has 9 heteroatoms. The van der Waals surface area contributed by atoms with Gasteiger partial charge in [0, 0.05) is 6.54 Å². The standard InChI is InChI=1S/C15H21ClN6O2/c1-15(2,3)24-14(23)19-10-6-12(16)13(17-7-10)22-18-8-11(20-22)9-21(4)5/h6-8H,9H2,1-5H3,(H,19,23). The van der Waals surface area contributed by atoms with Gasteiger partial charge in [-0.1, -0.05) is 11.6 Å². The zero-order valence-corrected chi connectivity index (χ0v) is 15.1. The molecule has 0 fully saturated rings. The van der Waals surface area contributed by atoms with Crippen LogP contribution in [0, 0.1) is 0 Å². The molecule has 2 aromatic rings. The number of anilines is 1. The summed E-state index contributed by atoms with van der Waals surface area (Å²) >= 11 is 6.23. The maximum absolute atomic E-state index is 11.8. The third-order valence-electron chi connectivity index (χ3n) is 2.67. The van der Waals surface area contributed by atoms with Crippen molar-refractivity contribution in [1.82, 2.24) is 24.9 Å². The lowest BCUT2D eigenvalue weighted by Crippen LogP contribution is -2.27. The molecule has 0 saturated heterocycles. The summed E-state index contributed by atoms with van der Waals surface area (Å²) < 4.78 is 5.18. The van der Waals surface area contributed by atoms with Crippen LogP contribution in [0.5, 0.6) is 0 Å². The maximum atomic E-state index is 11.8. The van der Waals surface area contributed by atoms with Crippen LogP contribution >= 0.6 is 11.6 Å². The van der Waals surface area contributed by atoms with Gasteiger partial charge in [0.05, 0.1) is 28.8 Å². The highest BCUT2D eigenvalue weighted by atomic mass is 35.5. The van der Waals surface area contributed by atoms with Gasteiger partial charge in [0.1, 0.15) is 5.60 Å². The molecule has 0 unspecified atom stereocenters. The molecule has 8 nitrogen and oxygen atoms in total. The zero-order valence-electron chi connectivity index (χ0n) is 14.4. The zero-order chi connectivity index (χ0) is 17.9. The number of carbonyl (C=O) groups excluding carboxylic acids is 1. The number of carbonyl (C=O) groups is 1. The monoisotopic (exact) mass is 352 g/mol. The second-order valence-electron chi connectivity index (χ2n) is 6.52. The molecule has 0 atom stereocenters. The van der Waals surface area contributed by atoms with E-state index in [1.807, 2.05) is 19.0 Å². The van der Waals surface area contributed by atoms with E-state index in [2.05, 4.69) is 20.5 Å². The third kappa shape index (κ3) is 5.17. The number of aromatic nitrogens is 4. The summed E-state index contributed by atoms with van der Waals surface area (Å²) in [6, 6.07) is 1.57. The molecule has 2 heterocycles. The predicted octanol–water partition coefficient (Wildman–Crippen LogP) is 2.72. The molecule has 2 rings (SSSR count). The van der Waals surface area contributed by atoms with Gasteiger partial charge in [-0.25, -0.2) is 9.78 Å². The van der Waals surface area contributed by atoms with E-state index in [0.717, 1.165) is 5.69 Å². The Morgan fingerprint density at radius 2 is 2.08 bits per heavy atom.